The smallest absolute Gasteiger partial charge is 0.187 e. The summed E-state index contributed by atoms with van der Waals surface area (Å²) in [5.41, 5.74) is 2.62. The molecule has 0 aliphatic heterocycles. The van der Waals surface area contributed by atoms with E-state index in [1.165, 1.54) is 0 Å². The van der Waals surface area contributed by atoms with Crippen LogP contribution in [0.3, 0.4) is 0 Å². The molecule has 0 amide bonds. The van der Waals surface area contributed by atoms with E-state index in [0.29, 0.717) is 0 Å². The molecule has 0 fully saturated rings. The van der Waals surface area contributed by atoms with E-state index in [1.54, 1.807) is 12.5 Å². The van der Waals surface area contributed by atoms with Gasteiger partial charge in [-0.3, -0.25) is 9.38 Å². The minimum absolute atomic E-state index is 0.764. The normalized spacial score (nSPS) is 10.8. The minimum Gasteiger partial charge on any atom is -0.286 e. The van der Waals surface area contributed by atoms with Crippen LogP contribution in [0, 0.1) is 0 Å². The average Bonchev–Trinajstić information content (AvgIpc) is 2.76. The quantitative estimate of drug-likeness (QED) is 0.685. The summed E-state index contributed by atoms with van der Waals surface area (Å²) in [6.07, 6.45) is 5.24. The molecular formula is C11H7BrN4. The molecule has 0 atom stereocenters. The van der Waals surface area contributed by atoms with Crippen molar-refractivity contribution in [1.82, 2.24) is 19.6 Å². The van der Waals surface area contributed by atoms with Crippen molar-refractivity contribution in [3.63, 3.8) is 0 Å². The number of rotatable bonds is 1. The van der Waals surface area contributed by atoms with E-state index in [4.69, 9.17) is 0 Å². The van der Waals surface area contributed by atoms with Crippen LogP contribution in [0.1, 0.15) is 0 Å². The van der Waals surface area contributed by atoms with Crippen molar-refractivity contribution in [1.29, 1.82) is 0 Å². The lowest BCUT2D eigenvalue weighted by Crippen LogP contribution is -1.90. The van der Waals surface area contributed by atoms with E-state index in [1.807, 2.05) is 34.9 Å². The van der Waals surface area contributed by atoms with Gasteiger partial charge in [0.15, 0.2) is 5.65 Å². The van der Waals surface area contributed by atoms with Gasteiger partial charge in [0.25, 0.3) is 0 Å². The lowest BCUT2D eigenvalue weighted by molar-refractivity contribution is 1.10. The summed E-state index contributed by atoms with van der Waals surface area (Å²) in [6, 6.07) is 7.97. The van der Waals surface area contributed by atoms with Crippen molar-refractivity contribution < 1.29 is 0 Å². The molecule has 3 rings (SSSR count). The van der Waals surface area contributed by atoms with Crippen molar-refractivity contribution in [3.8, 4) is 11.3 Å². The number of hydrogen-bond acceptors (Lipinski definition) is 3. The molecule has 0 saturated carbocycles. The first-order valence-corrected chi connectivity index (χ1v) is 5.54. The zero-order chi connectivity index (χ0) is 11.0. The Morgan fingerprint density at radius 2 is 2.19 bits per heavy atom. The molecule has 16 heavy (non-hydrogen) atoms. The molecule has 0 N–H and O–H groups in total. The van der Waals surface area contributed by atoms with Crippen LogP contribution >= 0.6 is 15.9 Å². The Morgan fingerprint density at radius 3 is 3.06 bits per heavy atom. The summed E-state index contributed by atoms with van der Waals surface area (Å²) in [7, 11) is 0. The second kappa shape index (κ2) is 3.68. The van der Waals surface area contributed by atoms with E-state index in [2.05, 4.69) is 31.1 Å². The molecule has 4 nitrogen and oxygen atoms in total. The Bertz CT molecular complexity index is 647. The maximum absolute atomic E-state index is 4.35. The van der Waals surface area contributed by atoms with Gasteiger partial charge >= 0.3 is 0 Å². The van der Waals surface area contributed by atoms with Crippen LogP contribution in [0.2, 0.25) is 0 Å². The number of aromatic nitrogens is 4. The molecule has 5 heteroatoms. The van der Waals surface area contributed by atoms with Crippen LogP contribution in [0.5, 0.6) is 0 Å². The molecule has 2 aromatic heterocycles. The summed E-state index contributed by atoms with van der Waals surface area (Å²) < 4.78 is 2.87. The fourth-order valence-corrected chi connectivity index (χ4v) is 2.00. The maximum atomic E-state index is 4.35. The molecule has 0 spiro atoms. The lowest BCUT2D eigenvalue weighted by Gasteiger charge is -2.02. The van der Waals surface area contributed by atoms with Crippen LogP contribution in [-0.2, 0) is 0 Å². The van der Waals surface area contributed by atoms with Gasteiger partial charge in [-0.1, -0.05) is 28.1 Å². The van der Waals surface area contributed by atoms with Crippen molar-refractivity contribution in [2.24, 2.45) is 0 Å². The Kier molecular flexibility index (Phi) is 2.18. The Hall–Kier alpha value is -1.75. The van der Waals surface area contributed by atoms with Gasteiger partial charge in [-0.15, -0.1) is 10.2 Å². The standard InChI is InChI=1S/C11H7BrN4/c12-9-3-1-2-8(6-9)10-11-15-14-7-16(11)5-4-13-10/h1-7H. The maximum Gasteiger partial charge on any atom is 0.187 e. The van der Waals surface area contributed by atoms with E-state index < -0.39 is 0 Å². The topological polar surface area (TPSA) is 43.1 Å². The number of fused-ring (bicyclic) bond motifs is 1. The highest BCUT2D eigenvalue weighted by Crippen LogP contribution is 2.23. The third-order valence-electron chi connectivity index (χ3n) is 2.31. The minimum atomic E-state index is 0.764. The van der Waals surface area contributed by atoms with E-state index in [-0.39, 0.29) is 0 Å². The number of nitrogens with zero attached hydrogens (tertiary/aromatic N) is 4. The zero-order valence-electron chi connectivity index (χ0n) is 8.21. The van der Waals surface area contributed by atoms with E-state index in [0.717, 1.165) is 21.4 Å². The first kappa shape index (κ1) is 9.47. The van der Waals surface area contributed by atoms with Crippen molar-refractivity contribution in [3.05, 3.63) is 47.5 Å². The van der Waals surface area contributed by atoms with Gasteiger partial charge < -0.3 is 0 Å². The van der Waals surface area contributed by atoms with Crippen LogP contribution in [0.4, 0.5) is 0 Å². The van der Waals surface area contributed by atoms with Gasteiger partial charge in [0, 0.05) is 22.4 Å². The molecule has 78 valence electrons. The molecule has 0 radical (unpaired) electrons. The van der Waals surface area contributed by atoms with Crippen LogP contribution < -0.4 is 0 Å². The molecule has 3 aromatic rings. The van der Waals surface area contributed by atoms with E-state index >= 15 is 0 Å². The second-order valence-corrected chi connectivity index (χ2v) is 4.26. The predicted octanol–water partition coefficient (Wildman–Crippen LogP) is 2.55. The first-order chi connectivity index (χ1) is 7.84. The third kappa shape index (κ3) is 1.49. The molecule has 0 unspecified atom stereocenters. The third-order valence-corrected chi connectivity index (χ3v) is 2.81. The first-order valence-electron chi connectivity index (χ1n) is 4.75. The average molecular weight is 275 g/mol. The lowest BCUT2D eigenvalue weighted by atomic mass is 10.1. The Morgan fingerprint density at radius 1 is 1.25 bits per heavy atom. The molecule has 0 aliphatic carbocycles. The second-order valence-electron chi connectivity index (χ2n) is 3.35. The zero-order valence-corrected chi connectivity index (χ0v) is 9.79. The van der Waals surface area contributed by atoms with Crippen LogP contribution in [0.15, 0.2) is 47.5 Å². The summed E-state index contributed by atoms with van der Waals surface area (Å²) in [4.78, 5) is 4.35. The van der Waals surface area contributed by atoms with Crippen molar-refractivity contribution >= 4 is 21.6 Å². The summed E-state index contributed by atoms with van der Waals surface area (Å²) in [5.74, 6) is 0. The van der Waals surface area contributed by atoms with Crippen LogP contribution in [-0.4, -0.2) is 19.6 Å². The molecule has 0 saturated heterocycles. The molecule has 2 heterocycles. The van der Waals surface area contributed by atoms with E-state index in [9.17, 15) is 0 Å². The highest BCUT2D eigenvalue weighted by molar-refractivity contribution is 9.10. The number of halogens is 1. The van der Waals surface area contributed by atoms with Gasteiger partial charge in [0.2, 0.25) is 0 Å². The van der Waals surface area contributed by atoms with Gasteiger partial charge in [0.1, 0.15) is 12.0 Å². The van der Waals surface area contributed by atoms with Crippen molar-refractivity contribution in [2.75, 3.05) is 0 Å². The highest BCUT2D eigenvalue weighted by Gasteiger charge is 2.07. The Labute approximate surface area is 100 Å². The number of hydrogen-bond donors (Lipinski definition) is 0. The summed E-state index contributed by atoms with van der Waals surface area (Å²) in [5, 5.41) is 7.93. The summed E-state index contributed by atoms with van der Waals surface area (Å²) >= 11 is 3.44. The molecule has 0 bridgehead atoms. The molecule has 1 aromatic carbocycles. The van der Waals surface area contributed by atoms with Crippen LogP contribution in [0.25, 0.3) is 16.9 Å². The predicted molar refractivity (Wildman–Crippen MR) is 63.9 cm³/mol. The monoisotopic (exact) mass is 274 g/mol. The fraction of sp³-hybridized carbons (Fsp3) is 0. The van der Waals surface area contributed by atoms with Gasteiger partial charge in [-0.05, 0) is 12.1 Å². The summed E-state index contributed by atoms with van der Waals surface area (Å²) in [6.45, 7) is 0. The fourth-order valence-electron chi connectivity index (χ4n) is 1.60. The Balaban J connectivity index is 2.29. The van der Waals surface area contributed by atoms with Crippen molar-refractivity contribution in [2.45, 2.75) is 0 Å². The highest BCUT2D eigenvalue weighted by atomic mass is 79.9. The number of benzene rings is 1. The van der Waals surface area contributed by atoms with Gasteiger partial charge in [0.05, 0.1) is 0 Å². The van der Waals surface area contributed by atoms with Gasteiger partial charge in [-0.25, -0.2) is 0 Å². The SMILES string of the molecule is Brc1cccc(-c2nccn3cnnc23)c1. The molecule has 0 aliphatic rings. The molecular weight excluding hydrogens is 268 g/mol. The largest absolute Gasteiger partial charge is 0.286 e. The van der Waals surface area contributed by atoms with Gasteiger partial charge in [-0.2, -0.15) is 0 Å².